The number of hydrogen-bond donors (Lipinski definition) is 0. The Labute approximate surface area is 127 Å². The molecule has 120 valence electrons. The van der Waals surface area contributed by atoms with Crippen LogP contribution in [0.25, 0.3) is 0 Å². The van der Waals surface area contributed by atoms with E-state index < -0.39 is 24.2 Å². The highest BCUT2D eigenvalue weighted by molar-refractivity contribution is 7.57. The van der Waals surface area contributed by atoms with Crippen molar-refractivity contribution in [3.63, 3.8) is 0 Å². The van der Waals surface area contributed by atoms with Gasteiger partial charge in [-0.2, -0.15) is 0 Å². The first-order valence-corrected chi connectivity index (χ1v) is 15.7. The van der Waals surface area contributed by atoms with Gasteiger partial charge in [0.2, 0.25) is 0 Å². The van der Waals surface area contributed by atoms with Crippen LogP contribution < -0.4 is 0 Å². The monoisotopic (exact) mass is 337 g/mol. The van der Waals surface area contributed by atoms with Gasteiger partial charge in [-0.1, -0.05) is 20.8 Å². The molecule has 0 radical (unpaired) electrons. The molecular weight excluding hydrogens is 305 g/mol. The number of aliphatic imine (C=N–C) groups is 1. The van der Waals surface area contributed by atoms with Gasteiger partial charge in [0.1, 0.15) is 0 Å². The number of rotatable bonds is 7. The normalized spacial score (nSPS) is 15.1. The van der Waals surface area contributed by atoms with Crippen LogP contribution in [0.2, 0.25) is 39.3 Å². The molecule has 0 amide bonds. The van der Waals surface area contributed by atoms with Crippen molar-refractivity contribution in [2.45, 2.75) is 60.1 Å². The molecule has 0 aliphatic rings. The van der Waals surface area contributed by atoms with Crippen molar-refractivity contribution in [1.29, 1.82) is 0 Å². The topological polar surface area (TPSA) is 47.9 Å². The van der Waals surface area contributed by atoms with Gasteiger partial charge in [0.05, 0.1) is 6.16 Å². The molecular formula is C13H32NO3PSi2. The predicted molar refractivity (Wildman–Crippen MR) is 94.1 cm³/mol. The Morgan fingerprint density at radius 1 is 1.00 bits per heavy atom. The summed E-state index contributed by atoms with van der Waals surface area (Å²) in [6, 6.07) is 0. The first-order valence-electron chi connectivity index (χ1n) is 7.14. The van der Waals surface area contributed by atoms with E-state index in [1.165, 1.54) is 0 Å². The number of nitrogens with zero attached hydrogens (tertiary/aromatic N) is 1. The van der Waals surface area contributed by atoms with Gasteiger partial charge >= 0.3 is 7.60 Å². The second kappa shape index (κ2) is 7.01. The Morgan fingerprint density at radius 2 is 1.40 bits per heavy atom. The lowest BCUT2D eigenvalue weighted by Gasteiger charge is -2.30. The minimum absolute atomic E-state index is 0.0449. The van der Waals surface area contributed by atoms with Gasteiger partial charge in [0, 0.05) is 12.8 Å². The molecule has 0 saturated heterocycles. The first-order chi connectivity index (χ1) is 8.62. The summed E-state index contributed by atoms with van der Waals surface area (Å²) in [4.78, 5) is 4.36. The highest BCUT2D eigenvalue weighted by Gasteiger charge is 2.35. The highest BCUT2D eigenvalue weighted by atomic mass is 31.2. The van der Waals surface area contributed by atoms with E-state index in [0.29, 0.717) is 12.7 Å². The molecule has 0 atom stereocenters. The summed E-state index contributed by atoms with van der Waals surface area (Å²) in [5.74, 6) is 0. The quantitative estimate of drug-likeness (QED) is 0.373. The van der Waals surface area contributed by atoms with E-state index in [1.807, 2.05) is 45.5 Å². The van der Waals surface area contributed by atoms with E-state index in [-0.39, 0.29) is 5.41 Å². The molecule has 0 rings (SSSR count). The third-order valence-electron chi connectivity index (χ3n) is 1.81. The van der Waals surface area contributed by atoms with E-state index in [9.17, 15) is 4.57 Å². The van der Waals surface area contributed by atoms with Gasteiger partial charge in [-0.05, 0) is 44.7 Å². The van der Waals surface area contributed by atoms with E-state index in [0.717, 1.165) is 0 Å². The zero-order valence-corrected chi connectivity index (χ0v) is 17.5. The molecule has 0 heterocycles. The summed E-state index contributed by atoms with van der Waals surface area (Å²) in [6.45, 7) is 19.0. The fourth-order valence-electron chi connectivity index (χ4n) is 1.46. The summed E-state index contributed by atoms with van der Waals surface area (Å²) < 4.78 is 24.7. The van der Waals surface area contributed by atoms with Crippen LogP contribution in [0.1, 0.15) is 20.8 Å². The molecule has 20 heavy (non-hydrogen) atoms. The Kier molecular flexibility index (Phi) is 7.10. The van der Waals surface area contributed by atoms with Crippen molar-refractivity contribution >= 4 is 30.4 Å². The lowest BCUT2D eigenvalue weighted by atomic mass is 9.99. The molecule has 0 aromatic carbocycles. The smallest absolute Gasteiger partial charge is 0.313 e. The molecule has 0 saturated carbocycles. The van der Waals surface area contributed by atoms with E-state index in [2.05, 4.69) is 25.8 Å². The summed E-state index contributed by atoms with van der Waals surface area (Å²) in [5, 5.41) is 0. The molecule has 0 unspecified atom stereocenters. The Hall–Kier alpha value is 0.254. The van der Waals surface area contributed by atoms with Gasteiger partial charge < -0.3 is 8.43 Å². The van der Waals surface area contributed by atoms with Crippen molar-refractivity contribution in [3.05, 3.63) is 0 Å². The standard InChI is InChI=1S/C13H32NO3PSi2/c1-13(2,3)12-14-10-11-18(15,16-19(4,5)6)17-20(7,8)9/h12H,10-11H2,1-9H3. The number of hydrogen-bond acceptors (Lipinski definition) is 4. The predicted octanol–water partition coefficient (Wildman–Crippen LogP) is 5.00. The van der Waals surface area contributed by atoms with Crippen molar-refractivity contribution in [2.24, 2.45) is 10.4 Å². The maximum Gasteiger partial charge on any atom is 0.313 e. The molecule has 7 heteroatoms. The largest absolute Gasteiger partial charge is 0.352 e. The van der Waals surface area contributed by atoms with E-state index in [4.69, 9.17) is 8.43 Å². The zero-order valence-electron chi connectivity index (χ0n) is 14.6. The van der Waals surface area contributed by atoms with Crippen LogP contribution in [0.15, 0.2) is 4.99 Å². The van der Waals surface area contributed by atoms with Gasteiger partial charge in [-0.25, -0.2) is 0 Å². The maximum absolute atomic E-state index is 12.9. The van der Waals surface area contributed by atoms with Crippen LogP contribution >= 0.6 is 7.60 Å². The van der Waals surface area contributed by atoms with Crippen LogP contribution in [0, 0.1) is 5.41 Å². The molecule has 0 bridgehead atoms. The first kappa shape index (κ1) is 20.3. The van der Waals surface area contributed by atoms with Crippen molar-refractivity contribution in [3.8, 4) is 0 Å². The second-order valence-electron chi connectivity index (χ2n) is 8.14. The molecule has 0 N–H and O–H groups in total. The molecule has 0 aliphatic carbocycles. The Bertz CT molecular complexity index is 359. The minimum atomic E-state index is -3.03. The van der Waals surface area contributed by atoms with Gasteiger partial charge in [0.25, 0.3) is 0 Å². The minimum Gasteiger partial charge on any atom is -0.352 e. The summed E-state index contributed by atoms with van der Waals surface area (Å²) in [7, 11) is -6.85. The maximum atomic E-state index is 12.9. The van der Waals surface area contributed by atoms with Crippen LogP contribution in [0.5, 0.6) is 0 Å². The van der Waals surface area contributed by atoms with Gasteiger partial charge in [-0.3, -0.25) is 9.56 Å². The summed E-state index contributed by atoms with van der Waals surface area (Å²) in [6.07, 6.45) is 2.27. The Balaban J connectivity index is 4.80. The van der Waals surface area contributed by atoms with Crippen LogP contribution in [-0.2, 0) is 13.0 Å². The van der Waals surface area contributed by atoms with Crippen LogP contribution in [-0.4, -0.2) is 35.6 Å². The molecule has 0 aromatic rings. The third kappa shape index (κ3) is 12.0. The van der Waals surface area contributed by atoms with Crippen LogP contribution in [0.3, 0.4) is 0 Å². The molecule has 0 fully saturated rings. The Morgan fingerprint density at radius 3 is 1.70 bits per heavy atom. The fraction of sp³-hybridized carbons (Fsp3) is 0.923. The molecule has 0 spiro atoms. The van der Waals surface area contributed by atoms with Gasteiger partial charge in [0.15, 0.2) is 16.6 Å². The lowest BCUT2D eigenvalue weighted by molar-refractivity contribution is 0.383. The average Bonchev–Trinajstić information content (AvgIpc) is 2.04. The highest BCUT2D eigenvalue weighted by Crippen LogP contribution is 2.52. The molecule has 0 aromatic heterocycles. The van der Waals surface area contributed by atoms with Crippen LogP contribution in [0.4, 0.5) is 0 Å². The third-order valence-corrected chi connectivity index (χ3v) is 9.16. The van der Waals surface area contributed by atoms with Gasteiger partial charge in [-0.15, -0.1) is 0 Å². The van der Waals surface area contributed by atoms with Crippen molar-refractivity contribution < 1.29 is 13.0 Å². The lowest BCUT2D eigenvalue weighted by Crippen LogP contribution is -2.31. The van der Waals surface area contributed by atoms with Crippen molar-refractivity contribution in [1.82, 2.24) is 0 Å². The zero-order chi connectivity index (χ0) is 16.2. The SMILES string of the molecule is CC(C)(C)C=NCCP(=O)(O[Si](C)(C)C)O[Si](C)(C)C. The van der Waals surface area contributed by atoms with E-state index >= 15 is 0 Å². The van der Waals surface area contributed by atoms with Crippen molar-refractivity contribution in [2.75, 3.05) is 12.7 Å². The molecule has 0 aliphatic heterocycles. The van der Waals surface area contributed by atoms with E-state index in [1.54, 1.807) is 0 Å². The summed E-state index contributed by atoms with van der Waals surface area (Å²) in [5.41, 5.74) is 0.0449. The second-order valence-corrected chi connectivity index (χ2v) is 19.7. The average molecular weight is 338 g/mol. The fourth-order valence-corrected chi connectivity index (χ4v) is 9.71. The molecule has 4 nitrogen and oxygen atoms in total. The summed E-state index contributed by atoms with van der Waals surface area (Å²) >= 11 is 0.